The van der Waals surface area contributed by atoms with Gasteiger partial charge in [0, 0.05) is 24.2 Å². The van der Waals surface area contributed by atoms with Gasteiger partial charge in [-0.3, -0.25) is 9.13 Å². The maximum absolute atomic E-state index is 11.3. The molecule has 19 heavy (non-hydrogen) atoms. The fraction of sp³-hybridized carbons (Fsp3) is 0.125. The fourth-order valence-corrected chi connectivity index (χ4v) is 3.92. The molecule has 0 spiro atoms. The molecule has 5 N–H and O–H groups in total. The Hall–Kier alpha value is -1.05. The molecule has 0 unspecified atom stereocenters. The highest BCUT2D eigenvalue weighted by atomic mass is 31.2. The van der Waals surface area contributed by atoms with Crippen molar-refractivity contribution in [3.8, 4) is 0 Å². The highest BCUT2D eigenvalue weighted by molar-refractivity contribution is 7.71. The summed E-state index contributed by atoms with van der Waals surface area (Å²) in [5, 5.41) is 6.31. The predicted octanol–water partition coefficient (Wildman–Crippen LogP) is -0.208. The summed E-state index contributed by atoms with van der Waals surface area (Å²) in [7, 11) is -11.1. The van der Waals surface area contributed by atoms with Crippen molar-refractivity contribution in [2.75, 3.05) is 0 Å². The zero-order valence-electron chi connectivity index (χ0n) is 9.23. The lowest BCUT2D eigenvalue weighted by Gasteiger charge is -2.29. The second-order valence-corrected chi connectivity index (χ2v) is 7.66. The van der Waals surface area contributed by atoms with E-state index in [0.29, 0.717) is 5.65 Å². The minimum atomic E-state index is -5.53. The lowest BCUT2D eigenvalue weighted by atomic mass is 10.3. The normalized spacial score (nSPS) is 13.9. The highest BCUT2D eigenvalue weighted by Crippen LogP contribution is 2.72. The third-order valence-corrected chi connectivity index (χ3v) is 6.29. The summed E-state index contributed by atoms with van der Waals surface area (Å²) in [5.41, 5.74) is -0.206. The average molecular weight is 308 g/mol. The topological polar surface area (TPSA) is 153 Å². The van der Waals surface area contributed by atoms with E-state index in [1.165, 1.54) is 22.9 Å². The minimum absolute atomic E-state index is 0.391. The molecule has 2 rings (SSSR count). The van der Waals surface area contributed by atoms with E-state index in [4.69, 9.17) is 19.6 Å². The summed E-state index contributed by atoms with van der Waals surface area (Å²) in [6, 6.07) is 2.27. The molecule has 0 atom stereocenters. The molecule has 0 amide bonds. The maximum Gasteiger partial charge on any atom is 0.374 e. The Morgan fingerprint density at radius 1 is 1.11 bits per heavy atom. The second kappa shape index (κ2) is 4.22. The molecule has 0 aliphatic rings. The number of hydrogen-bond donors (Lipinski definition) is 5. The molecule has 11 heteroatoms. The van der Waals surface area contributed by atoms with Crippen LogP contribution in [0.15, 0.2) is 30.7 Å². The predicted molar refractivity (Wildman–Crippen MR) is 63.2 cm³/mol. The summed E-state index contributed by atoms with van der Waals surface area (Å²) >= 11 is 0. The Bertz CT molecular complexity index is 693. The number of aromatic nitrogens is 2. The van der Waals surface area contributed by atoms with Gasteiger partial charge in [-0.05, 0) is 12.1 Å². The van der Waals surface area contributed by atoms with Gasteiger partial charge in [0.1, 0.15) is 5.65 Å². The number of aliphatic hydroxyl groups is 1. The van der Waals surface area contributed by atoms with Crippen molar-refractivity contribution in [2.45, 2.75) is 5.08 Å². The van der Waals surface area contributed by atoms with E-state index in [1.807, 2.05) is 0 Å². The summed E-state index contributed by atoms with van der Waals surface area (Å²) in [6.07, 6.45) is 3.78. The van der Waals surface area contributed by atoms with Crippen LogP contribution < -0.4 is 0 Å². The summed E-state index contributed by atoms with van der Waals surface area (Å²) < 4.78 is 23.9. The van der Waals surface area contributed by atoms with Gasteiger partial charge in [0.25, 0.3) is 5.08 Å². The van der Waals surface area contributed by atoms with Crippen LogP contribution in [0.3, 0.4) is 0 Å². The number of pyridine rings is 1. The van der Waals surface area contributed by atoms with Crippen molar-refractivity contribution < 1.29 is 33.8 Å². The second-order valence-electron chi connectivity index (χ2n) is 3.83. The molecule has 0 bridgehead atoms. The van der Waals surface area contributed by atoms with E-state index in [1.54, 1.807) is 0 Å². The summed E-state index contributed by atoms with van der Waals surface area (Å²) in [6.45, 7) is 0. The largest absolute Gasteiger partial charge is 0.374 e. The molecule has 2 aromatic heterocycles. The van der Waals surface area contributed by atoms with E-state index in [9.17, 15) is 14.2 Å². The molecule has 0 saturated carbocycles. The van der Waals surface area contributed by atoms with Gasteiger partial charge in [0.2, 0.25) is 0 Å². The monoisotopic (exact) mass is 308 g/mol. The molecule has 2 heterocycles. The van der Waals surface area contributed by atoms with E-state index in [0.717, 1.165) is 12.3 Å². The lowest BCUT2D eigenvalue weighted by molar-refractivity contribution is 0.130. The molecule has 0 aliphatic carbocycles. The quantitative estimate of drug-likeness (QED) is 0.488. The first-order valence-electron chi connectivity index (χ1n) is 4.84. The van der Waals surface area contributed by atoms with Crippen LogP contribution in [-0.4, -0.2) is 34.1 Å². The first-order valence-corrected chi connectivity index (χ1v) is 8.07. The van der Waals surface area contributed by atoms with E-state index in [-0.39, 0.29) is 0 Å². The average Bonchev–Trinajstić information content (AvgIpc) is 2.71. The Morgan fingerprint density at radius 2 is 1.68 bits per heavy atom. The SMILES string of the molecule is O=P(O)(O)C(O)(c1ccc2nccn2c1)P(=O)(O)O. The third kappa shape index (κ3) is 2.15. The van der Waals surface area contributed by atoms with Crippen LogP contribution in [0.5, 0.6) is 0 Å². The van der Waals surface area contributed by atoms with Gasteiger partial charge < -0.3 is 29.1 Å². The number of nitrogens with zero attached hydrogens (tertiary/aromatic N) is 2. The molecule has 2 aromatic rings. The van der Waals surface area contributed by atoms with Crippen molar-refractivity contribution in [3.05, 3.63) is 36.3 Å². The van der Waals surface area contributed by atoms with Crippen molar-refractivity contribution in [2.24, 2.45) is 0 Å². The van der Waals surface area contributed by atoms with Crippen molar-refractivity contribution >= 4 is 20.8 Å². The number of hydrogen-bond acceptors (Lipinski definition) is 4. The molecular formula is C8H10N2O7P2. The molecule has 0 fully saturated rings. The van der Waals surface area contributed by atoms with Gasteiger partial charge in [-0.15, -0.1) is 0 Å². The van der Waals surface area contributed by atoms with Crippen LogP contribution in [0.1, 0.15) is 5.56 Å². The first-order chi connectivity index (χ1) is 8.57. The van der Waals surface area contributed by atoms with Gasteiger partial charge in [-0.2, -0.15) is 0 Å². The number of fused-ring (bicyclic) bond motifs is 1. The molecule has 9 nitrogen and oxygen atoms in total. The van der Waals surface area contributed by atoms with Gasteiger partial charge in [-0.1, -0.05) is 0 Å². The van der Waals surface area contributed by atoms with Crippen LogP contribution in [0.25, 0.3) is 5.65 Å². The number of imidazole rings is 1. The van der Waals surface area contributed by atoms with Gasteiger partial charge in [0.05, 0.1) is 0 Å². The Kier molecular flexibility index (Phi) is 3.19. The van der Waals surface area contributed by atoms with Crippen LogP contribution in [0.2, 0.25) is 0 Å². The zero-order chi connectivity index (χ0) is 14.5. The van der Waals surface area contributed by atoms with Crippen molar-refractivity contribution in [3.63, 3.8) is 0 Å². The van der Waals surface area contributed by atoms with E-state index >= 15 is 0 Å². The van der Waals surface area contributed by atoms with Gasteiger partial charge in [-0.25, -0.2) is 4.98 Å². The Labute approximate surface area is 106 Å². The smallest absolute Gasteiger partial charge is 0.364 e. The molecule has 0 radical (unpaired) electrons. The molecule has 0 aromatic carbocycles. The van der Waals surface area contributed by atoms with Crippen LogP contribution >= 0.6 is 15.2 Å². The highest BCUT2D eigenvalue weighted by Gasteiger charge is 2.61. The zero-order valence-corrected chi connectivity index (χ0v) is 11.0. The molecular weight excluding hydrogens is 298 g/mol. The van der Waals surface area contributed by atoms with Crippen LogP contribution in [0, 0.1) is 0 Å². The van der Waals surface area contributed by atoms with Crippen LogP contribution in [-0.2, 0) is 14.2 Å². The van der Waals surface area contributed by atoms with Gasteiger partial charge in [0.15, 0.2) is 0 Å². The standard InChI is InChI=1S/C8H10N2O7P2/c11-8(18(12,13)14,19(15,16)17)6-1-2-7-9-3-4-10(7)5-6/h1-5,11H,(H2,12,13,14)(H2,15,16,17). The van der Waals surface area contributed by atoms with E-state index in [2.05, 4.69) is 4.98 Å². The Balaban J connectivity index is 2.75. The molecule has 104 valence electrons. The number of rotatable bonds is 3. The molecule has 0 saturated heterocycles. The van der Waals surface area contributed by atoms with Crippen molar-refractivity contribution in [1.29, 1.82) is 0 Å². The fourth-order valence-electron chi connectivity index (χ4n) is 1.62. The summed E-state index contributed by atoms with van der Waals surface area (Å²) in [4.78, 5) is 40.2. The van der Waals surface area contributed by atoms with E-state index < -0.39 is 25.8 Å². The van der Waals surface area contributed by atoms with Gasteiger partial charge >= 0.3 is 15.2 Å². The Morgan fingerprint density at radius 3 is 2.21 bits per heavy atom. The molecule has 0 aliphatic heterocycles. The van der Waals surface area contributed by atoms with Crippen LogP contribution in [0.4, 0.5) is 0 Å². The third-order valence-electron chi connectivity index (χ3n) is 2.59. The minimum Gasteiger partial charge on any atom is -0.364 e. The first kappa shape index (κ1) is 14.4. The maximum atomic E-state index is 11.3. The van der Waals surface area contributed by atoms with Crippen molar-refractivity contribution in [1.82, 2.24) is 9.38 Å². The summed E-state index contributed by atoms with van der Waals surface area (Å²) in [5.74, 6) is 0. The lowest BCUT2D eigenvalue weighted by Crippen LogP contribution is -2.26.